The minimum absolute atomic E-state index is 0.377. The number of hydrogen-bond acceptors (Lipinski definition) is 4. The maximum atomic E-state index is 11.0. The van der Waals surface area contributed by atoms with E-state index in [-0.39, 0.29) is 6.42 Å². The predicted octanol–water partition coefficient (Wildman–Crippen LogP) is 1.33. The lowest BCUT2D eigenvalue weighted by atomic mass is 10.0. The number of nitrogens with two attached hydrogens (primary N) is 1. The van der Waals surface area contributed by atoms with Crippen molar-refractivity contribution in [2.24, 2.45) is 5.73 Å². The van der Waals surface area contributed by atoms with E-state index in [9.17, 15) is 14.7 Å². The molecule has 2 amide bonds. The highest BCUT2D eigenvalue weighted by molar-refractivity contribution is 5.74. The summed E-state index contributed by atoms with van der Waals surface area (Å²) < 4.78 is 5.67. The zero-order valence-electron chi connectivity index (χ0n) is 11.7. The Bertz CT molecular complexity index is 642. The third-order valence-corrected chi connectivity index (χ3v) is 2.93. The van der Waals surface area contributed by atoms with Crippen molar-refractivity contribution in [3.05, 3.63) is 60.2 Å². The Labute approximate surface area is 127 Å². The van der Waals surface area contributed by atoms with Gasteiger partial charge in [-0.3, -0.25) is 0 Å². The van der Waals surface area contributed by atoms with Gasteiger partial charge in [0.1, 0.15) is 11.5 Å². The van der Waals surface area contributed by atoms with E-state index < -0.39 is 18.0 Å². The van der Waals surface area contributed by atoms with Crippen LogP contribution in [0.4, 0.5) is 4.79 Å². The average molecular weight is 299 g/mol. The SMILES string of the molecule is NC(=O)N[C@@H](CC(=O)[O-])c1cccc(Oc2ccccc2)c1. The van der Waals surface area contributed by atoms with E-state index >= 15 is 0 Å². The first kappa shape index (κ1) is 15.4. The Morgan fingerprint density at radius 2 is 1.77 bits per heavy atom. The molecule has 0 saturated carbocycles. The van der Waals surface area contributed by atoms with Gasteiger partial charge in [-0.1, -0.05) is 30.3 Å². The van der Waals surface area contributed by atoms with Gasteiger partial charge in [-0.25, -0.2) is 4.79 Å². The van der Waals surface area contributed by atoms with Gasteiger partial charge in [-0.05, 0) is 29.8 Å². The number of urea groups is 1. The van der Waals surface area contributed by atoms with Crippen LogP contribution in [0.1, 0.15) is 18.0 Å². The van der Waals surface area contributed by atoms with Crippen LogP contribution in [0.15, 0.2) is 54.6 Å². The van der Waals surface area contributed by atoms with Crippen LogP contribution in [0.2, 0.25) is 0 Å². The number of nitrogens with one attached hydrogen (secondary N) is 1. The first-order valence-electron chi connectivity index (χ1n) is 6.63. The first-order chi connectivity index (χ1) is 10.5. The number of ether oxygens (including phenoxy) is 1. The van der Waals surface area contributed by atoms with E-state index in [4.69, 9.17) is 10.5 Å². The molecule has 0 aromatic heterocycles. The van der Waals surface area contributed by atoms with Crippen LogP contribution in [0.3, 0.4) is 0 Å². The Balaban J connectivity index is 2.20. The quantitative estimate of drug-likeness (QED) is 0.839. The summed E-state index contributed by atoms with van der Waals surface area (Å²) in [7, 11) is 0. The molecule has 3 N–H and O–H groups in total. The minimum atomic E-state index is -1.28. The number of rotatable bonds is 6. The number of carboxylic acid groups (broad SMARTS) is 1. The molecule has 6 heteroatoms. The third kappa shape index (κ3) is 4.52. The molecule has 0 aliphatic rings. The number of carbonyl (C=O) groups is 2. The summed E-state index contributed by atoms with van der Waals surface area (Å²) >= 11 is 0. The Hall–Kier alpha value is -3.02. The zero-order chi connectivity index (χ0) is 15.9. The zero-order valence-corrected chi connectivity index (χ0v) is 11.7. The number of amides is 2. The fourth-order valence-corrected chi connectivity index (χ4v) is 2.01. The predicted molar refractivity (Wildman–Crippen MR) is 78.0 cm³/mol. The van der Waals surface area contributed by atoms with E-state index in [0.29, 0.717) is 17.1 Å². The Morgan fingerprint density at radius 3 is 2.41 bits per heavy atom. The lowest BCUT2D eigenvalue weighted by Crippen LogP contribution is -2.37. The summed E-state index contributed by atoms with van der Waals surface area (Å²) in [6, 6.07) is 14.3. The van der Waals surface area contributed by atoms with Gasteiger partial charge in [0.15, 0.2) is 0 Å². The van der Waals surface area contributed by atoms with Crippen LogP contribution in [0, 0.1) is 0 Å². The summed E-state index contributed by atoms with van der Waals surface area (Å²) in [6.45, 7) is 0. The molecule has 0 heterocycles. The van der Waals surface area contributed by atoms with Crippen LogP contribution in [0.25, 0.3) is 0 Å². The van der Waals surface area contributed by atoms with Crippen molar-refractivity contribution in [3.63, 3.8) is 0 Å². The molecule has 6 nitrogen and oxygen atoms in total. The summed E-state index contributed by atoms with van der Waals surface area (Å²) in [5, 5.41) is 13.2. The standard InChI is InChI=1S/C16H16N2O4/c17-16(21)18-14(10-15(19)20)11-5-4-8-13(9-11)22-12-6-2-1-3-7-12/h1-9,14H,10H2,(H,19,20)(H3,17,18,21)/p-1/t14-/m0/s1. The second kappa shape index (κ2) is 7.12. The van der Waals surface area contributed by atoms with E-state index in [1.54, 1.807) is 36.4 Å². The monoisotopic (exact) mass is 299 g/mol. The molecule has 2 aromatic rings. The van der Waals surface area contributed by atoms with E-state index in [0.717, 1.165) is 0 Å². The maximum Gasteiger partial charge on any atom is 0.312 e. The molecule has 114 valence electrons. The Morgan fingerprint density at radius 1 is 1.09 bits per heavy atom. The van der Waals surface area contributed by atoms with Crippen molar-refractivity contribution in [2.45, 2.75) is 12.5 Å². The van der Waals surface area contributed by atoms with Crippen molar-refractivity contribution in [3.8, 4) is 11.5 Å². The largest absolute Gasteiger partial charge is 0.550 e. The molecule has 0 fully saturated rings. The lowest BCUT2D eigenvalue weighted by Gasteiger charge is -2.19. The lowest BCUT2D eigenvalue weighted by molar-refractivity contribution is -0.306. The summed E-state index contributed by atoms with van der Waals surface area (Å²) in [4.78, 5) is 21.8. The number of primary amides is 1. The normalized spacial score (nSPS) is 11.5. The molecule has 1 atom stereocenters. The number of aliphatic carboxylic acids is 1. The molecule has 0 aliphatic carbocycles. The molecule has 0 saturated heterocycles. The number of benzene rings is 2. The second-order valence-corrected chi connectivity index (χ2v) is 4.62. The molecule has 2 aromatic carbocycles. The number of carbonyl (C=O) groups excluding carboxylic acids is 2. The highest BCUT2D eigenvalue weighted by Gasteiger charge is 2.14. The molecule has 2 rings (SSSR count). The van der Waals surface area contributed by atoms with Gasteiger partial charge >= 0.3 is 6.03 Å². The van der Waals surface area contributed by atoms with E-state index in [1.165, 1.54) is 0 Å². The Kier molecular flexibility index (Phi) is 4.98. The number of hydrogen-bond donors (Lipinski definition) is 2. The molecule has 0 bridgehead atoms. The van der Waals surface area contributed by atoms with Gasteiger partial charge < -0.3 is 25.7 Å². The van der Waals surface area contributed by atoms with Crippen LogP contribution in [-0.2, 0) is 4.79 Å². The van der Waals surface area contributed by atoms with Crippen LogP contribution in [0.5, 0.6) is 11.5 Å². The summed E-state index contributed by atoms with van der Waals surface area (Å²) in [6.07, 6.45) is -0.377. The second-order valence-electron chi connectivity index (χ2n) is 4.62. The summed E-state index contributed by atoms with van der Waals surface area (Å²) in [5.74, 6) is -0.106. The number of carboxylic acids is 1. The van der Waals surface area contributed by atoms with Gasteiger partial charge in [0.25, 0.3) is 0 Å². The van der Waals surface area contributed by atoms with Gasteiger partial charge in [-0.15, -0.1) is 0 Å². The van der Waals surface area contributed by atoms with Crippen LogP contribution in [-0.4, -0.2) is 12.0 Å². The van der Waals surface area contributed by atoms with Crippen molar-refractivity contribution in [1.82, 2.24) is 5.32 Å². The highest BCUT2D eigenvalue weighted by atomic mass is 16.5. The van der Waals surface area contributed by atoms with Crippen molar-refractivity contribution < 1.29 is 19.4 Å². The first-order valence-corrected chi connectivity index (χ1v) is 6.63. The van der Waals surface area contributed by atoms with Gasteiger partial charge in [0.05, 0.1) is 6.04 Å². The van der Waals surface area contributed by atoms with Crippen molar-refractivity contribution in [1.29, 1.82) is 0 Å². The van der Waals surface area contributed by atoms with Crippen LogP contribution < -0.4 is 20.9 Å². The van der Waals surface area contributed by atoms with Gasteiger partial charge in [0.2, 0.25) is 0 Å². The summed E-state index contributed by atoms with van der Waals surface area (Å²) in [5.41, 5.74) is 5.64. The van der Waals surface area contributed by atoms with E-state index in [1.807, 2.05) is 18.2 Å². The molecular formula is C16H15N2O4-. The van der Waals surface area contributed by atoms with Crippen LogP contribution >= 0.6 is 0 Å². The van der Waals surface area contributed by atoms with Gasteiger partial charge in [0, 0.05) is 12.4 Å². The topological polar surface area (TPSA) is 104 Å². The molecular weight excluding hydrogens is 284 g/mol. The molecule has 0 spiro atoms. The molecule has 0 unspecified atom stereocenters. The van der Waals surface area contributed by atoms with Crippen molar-refractivity contribution in [2.75, 3.05) is 0 Å². The minimum Gasteiger partial charge on any atom is -0.550 e. The third-order valence-electron chi connectivity index (χ3n) is 2.93. The van der Waals surface area contributed by atoms with Crippen molar-refractivity contribution >= 4 is 12.0 Å². The molecule has 0 aliphatic heterocycles. The number of para-hydroxylation sites is 1. The highest BCUT2D eigenvalue weighted by Crippen LogP contribution is 2.25. The molecule has 22 heavy (non-hydrogen) atoms. The van der Waals surface area contributed by atoms with Gasteiger partial charge in [-0.2, -0.15) is 0 Å². The molecule has 0 radical (unpaired) electrons. The fraction of sp³-hybridized carbons (Fsp3) is 0.125. The van der Waals surface area contributed by atoms with E-state index in [2.05, 4.69) is 5.32 Å². The maximum absolute atomic E-state index is 11.0. The fourth-order valence-electron chi connectivity index (χ4n) is 2.01. The smallest absolute Gasteiger partial charge is 0.312 e. The average Bonchev–Trinajstić information content (AvgIpc) is 2.47.